The van der Waals surface area contributed by atoms with Crippen LogP contribution in [-0.4, -0.2) is 31.4 Å². The SMILES string of the molecule is COc1cnc2c(c1)c(-c1noc(-c3cn(C)c4ccc(Br)cc34)n1)cn2C. The predicted octanol–water partition coefficient (Wildman–Crippen LogP) is 4.55. The number of ether oxygens (including phenoxy) is 1. The van der Waals surface area contributed by atoms with Gasteiger partial charge in [0.05, 0.1) is 24.4 Å². The van der Waals surface area contributed by atoms with E-state index in [1.807, 2.05) is 47.8 Å². The van der Waals surface area contributed by atoms with Gasteiger partial charge in [0.15, 0.2) is 0 Å². The summed E-state index contributed by atoms with van der Waals surface area (Å²) in [4.78, 5) is 9.13. The molecule has 0 amide bonds. The van der Waals surface area contributed by atoms with Crippen LogP contribution in [0.4, 0.5) is 0 Å². The van der Waals surface area contributed by atoms with Crippen molar-refractivity contribution in [1.82, 2.24) is 24.3 Å². The number of hydrogen-bond donors (Lipinski definition) is 0. The maximum atomic E-state index is 5.63. The van der Waals surface area contributed by atoms with E-state index < -0.39 is 0 Å². The van der Waals surface area contributed by atoms with Crippen molar-refractivity contribution in [2.75, 3.05) is 7.11 Å². The molecule has 8 heteroatoms. The number of aromatic nitrogens is 5. The maximum Gasteiger partial charge on any atom is 0.260 e. The molecule has 0 spiro atoms. The lowest BCUT2D eigenvalue weighted by atomic mass is 10.2. The van der Waals surface area contributed by atoms with Gasteiger partial charge in [0.2, 0.25) is 5.82 Å². The van der Waals surface area contributed by atoms with E-state index in [4.69, 9.17) is 9.26 Å². The topological polar surface area (TPSA) is 70.9 Å². The van der Waals surface area contributed by atoms with E-state index in [0.29, 0.717) is 17.5 Å². The third kappa shape index (κ3) is 2.52. The van der Waals surface area contributed by atoms with E-state index in [1.54, 1.807) is 13.3 Å². The number of pyridine rings is 1. The fourth-order valence-electron chi connectivity index (χ4n) is 3.51. The third-order valence-corrected chi connectivity index (χ3v) is 5.37. The first kappa shape index (κ1) is 17.0. The zero-order valence-electron chi connectivity index (χ0n) is 15.5. The summed E-state index contributed by atoms with van der Waals surface area (Å²) in [5.74, 6) is 1.68. The first-order chi connectivity index (χ1) is 13.5. The van der Waals surface area contributed by atoms with E-state index in [-0.39, 0.29) is 0 Å². The van der Waals surface area contributed by atoms with Crippen LogP contribution in [0.1, 0.15) is 0 Å². The minimum atomic E-state index is 0.478. The standard InChI is InChI=1S/C20H16BrN5O2/c1-25-10-16(13-6-11(21)4-5-17(13)25)20-23-18(24-28-20)15-9-26(2)19-14(15)7-12(27-3)8-22-19/h4-10H,1-3H3. The van der Waals surface area contributed by atoms with Crippen LogP contribution in [0.2, 0.25) is 0 Å². The summed E-state index contributed by atoms with van der Waals surface area (Å²) < 4.78 is 15.9. The van der Waals surface area contributed by atoms with Crippen LogP contribution in [-0.2, 0) is 14.1 Å². The molecule has 4 aromatic heterocycles. The molecule has 0 N–H and O–H groups in total. The molecule has 0 radical (unpaired) electrons. The summed E-state index contributed by atoms with van der Waals surface area (Å²) in [5.41, 5.74) is 3.67. The highest BCUT2D eigenvalue weighted by atomic mass is 79.9. The van der Waals surface area contributed by atoms with Crippen molar-refractivity contribution in [1.29, 1.82) is 0 Å². The predicted molar refractivity (Wildman–Crippen MR) is 110 cm³/mol. The quantitative estimate of drug-likeness (QED) is 0.413. The molecule has 7 nitrogen and oxygen atoms in total. The Bertz CT molecular complexity index is 1350. The summed E-state index contributed by atoms with van der Waals surface area (Å²) >= 11 is 3.54. The molecule has 0 aliphatic carbocycles. The summed E-state index contributed by atoms with van der Waals surface area (Å²) in [7, 11) is 5.56. The van der Waals surface area contributed by atoms with E-state index in [9.17, 15) is 0 Å². The second-order valence-corrected chi connectivity index (χ2v) is 7.55. The monoisotopic (exact) mass is 437 g/mol. The lowest BCUT2D eigenvalue weighted by molar-refractivity contribution is 0.413. The van der Waals surface area contributed by atoms with Crippen molar-refractivity contribution < 1.29 is 9.26 Å². The molecular weight excluding hydrogens is 422 g/mol. The van der Waals surface area contributed by atoms with E-state index >= 15 is 0 Å². The number of nitrogens with zero attached hydrogens (tertiary/aromatic N) is 5. The number of rotatable bonds is 3. The maximum absolute atomic E-state index is 5.63. The van der Waals surface area contributed by atoms with Crippen molar-refractivity contribution in [3.8, 4) is 28.6 Å². The average Bonchev–Trinajstić information content (AvgIpc) is 3.38. The third-order valence-electron chi connectivity index (χ3n) is 4.87. The van der Waals surface area contributed by atoms with Gasteiger partial charge in [-0.3, -0.25) is 0 Å². The van der Waals surface area contributed by atoms with E-state index in [2.05, 4.69) is 43.2 Å². The number of hydrogen-bond acceptors (Lipinski definition) is 5. The Morgan fingerprint density at radius 1 is 1.04 bits per heavy atom. The van der Waals surface area contributed by atoms with Crippen molar-refractivity contribution in [2.45, 2.75) is 0 Å². The highest BCUT2D eigenvalue weighted by Gasteiger charge is 2.19. The molecule has 140 valence electrons. The Labute approximate surface area is 168 Å². The number of fused-ring (bicyclic) bond motifs is 2. The van der Waals surface area contributed by atoms with Gasteiger partial charge < -0.3 is 18.4 Å². The van der Waals surface area contributed by atoms with Crippen LogP contribution in [0.5, 0.6) is 5.75 Å². The number of methoxy groups -OCH3 is 1. The lowest BCUT2D eigenvalue weighted by Crippen LogP contribution is -1.88. The largest absolute Gasteiger partial charge is 0.495 e. The normalized spacial score (nSPS) is 11.6. The molecule has 5 rings (SSSR count). The molecular formula is C20H16BrN5O2. The van der Waals surface area contributed by atoms with Gasteiger partial charge in [-0.2, -0.15) is 4.98 Å². The van der Waals surface area contributed by atoms with Crippen LogP contribution in [0.3, 0.4) is 0 Å². The van der Waals surface area contributed by atoms with Crippen LogP contribution in [0.15, 0.2) is 51.9 Å². The molecule has 5 aromatic rings. The molecule has 0 unspecified atom stereocenters. The van der Waals surface area contributed by atoms with Crippen LogP contribution < -0.4 is 4.74 Å². The summed E-state index contributed by atoms with van der Waals surface area (Å²) in [6.07, 6.45) is 5.65. The minimum absolute atomic E-state index is 0.478. The van der Waals surface area contributed by atoms with Gasteiger partial charge in [-0.25, -0.2) is 4.98 Å². The molecule has 0 saturated heterocycles. The first-order valence-electron chi connectivity index (χ1n) is 8.63. The van der Waals surface area contributed by atoms with Crippen molar-refractivity contribution in [3.05, 3.63) is 47.3 Å². The zero-order chi connectivity index (χ0) is 19.4. The fourth-order valence-corrected chi connectivity index (χ4v) is 3.87. The molecule has 0 saturated carbocycles. The Kier molecular flexibility index (Phi) is 3.77. The van der Waals surface area contributed by atoms with Gasteiger partial charge in [0.1, 0.15) is 11.4 Å². The number of benzene rings is 1. The van der Waals surface area contributed by atoms with Gasteiger partial charge in [-0.15, -0.1) is 0 Å². The molecule has 0 bridgehead atoms. The number of halogens is 1. The van der Waals surface area contributed by atoms with Gasteiger partial charge >= 0.3 is 0 Å². The summed E-state index contributed by atoms with van der Waals surface area (Å²) in [6.45, 7) is 0. The van der Waals surface area contributed by atoms with Gasteiger partial charge in [-0.05, 0) is 24.3 Å². The minimum Gasteiger partial charge on any atom is -0.495 e. The molecule has 0 aliphatic rings. The number of aryl methyl sites for hydroxylation is 2. The Hall–Kier alpha value is -3.13. The molecule has 28 heavy (non-hydrogen) atoms. The Balaban J connectivity index is 1.67. The molecule has 0 aliphatic heterocycles. The fraction of sp³-hybridized carbons (Fsp3) is 0.150. The van der Waals surface area contributed by atoms with Crippen molar-refractivity contribution in [3.63, 3.8) is 0 Å². The molecule has 0 atom stereocenters. The summed E-state index contributed by atoms with van der Waals surface area (Å²) in [5, 5.41) is 6.19. The van der Waals surface area contributed by atoms with Gasteiger partial charge in [-0.1, -0.05) is 21.1 Å². The molecule has 4 heterocycles. The molecule has 0 fully saturated rings. The van der Waals surface area contributed by atoms with E-state index in [0.717, 1.165) is 37.5 Å². The Morgan fingerprint density at radius 3 is 2.68 bits per heavy atom. The van der Waals surface area contributed by atoms with Crippen molar-refractivity contribution in [2.24, 2.45) is 14.1 Å². The van der Waals surface area contributed by atoms with Crippen LogP contribution in [0.25, 0.3) is 44.8 Å². The lowest BCUT2D eigenvalue weighted by Gasteiger charge is -1.99. The van der Waals surface area contributed by atoms with Crippen LogP contribution in [0, 0.1) is 0 Å². The second kappa shape index (κ2) is 6.20. The second-order valence-electron chi connectivity index (χ2n) is 6.64. The van der Waals surface area contributed by atoms with Gasteiger partial charge in [0, 0.05) is 47.3 Å². The first-order valence-corrected chi connectivity index (χ1v) is 9.42. The average molecular weight is 438 g/mol. The van der Waals surface area contributed by atoms with E-state index in [1.165, 1.54) is 0 Å². The highest BCUT2D eigenvalue weighted by Crippen LogP contribution is 2.34. The van der Waals surface area contributed by atoms with Crippen molar-refractivity contribution >= 4 is 37.9 Å². The smallest absolute Gasteiger partial charge is 0.260 e. The van der Waals surface area contributed by atoms with Crippen LogP contribution >= 0.6 is 15.9 Å². The molecule has 1 aromatic carbocycles. The van der Waals surface area contributed by atoms with Gasteiger partial charge in [0.25, 0.3) is 5.89 Å². The summed E-state index contributed by atoms with van der Waals surface area (Å²) in [6, 6.07) is 8.06. The zero-order valence-corrected chi connectivity index (χ0v) is 17.1. The highest BCUT2D eigenvalue weighted by molar-refractivity contribution is 9.10. The Morgan fingerprint density at radius 2 is 1.86 bits per heavy atom.